The van der Waals surface area contributed by atoms with E-state index in [9.17, 15) is 4.79 Å². The van der Waals surface area contributed by atoms with Crippen molar-refractivity contribution < 1.29 is 19.0 Å². The maximum Gasteiger partial charge on any atom is 0.412 e. The lowest BCUT2D eigenvalue weighted by atomic mass is 10.3. The number of anilines is 1. The molecule has 1 aliphatic rings. The van der Waals surface area contributed by atoms with E-state index >= 15 is 0 Å². The van der Waals surface area contributed by atoms with Gasteiger partial charge in [-0.3, -0.25) is 10.2 Å². The summed E-state index contributed by atoms with van der Waals surface area (Å²) in [6.45, 7) is 8.75. The Hall–Kier alpha value is -1.79. The number of carbonyl (C=O) groups excluding carboxylic acids is 1. The highest BCUT2D eigenvalue weighted by Gasteiger charge is 2.21. The third-order valence-corrected chi connectivity index (χ3v) is 4.47. The van der Waals surface area contributed by atoms with E-state index in [1.165, 1.54) is 12.8 Å². The normalized spacial score (nSPS) is 15.5. The zero-order valence-electron chi connectivity index (χ0n) is 16.7. The van der Waals surface area contributed by atoms with E-state index < -0.39 is 6.09 Å². The molecule has 27 heavy (non-hydrogen) atoms. The first-order valence-corrected chi connectivity index (χ1v) is 10.2. The molecule has 0 aliphatic carbocycles. The van der Waals surface area contributed by atoms with E-state index in [2.05, 4.69) is 24.1 Å². The number of carbonyl (C=O) groups is 1. The molecule has 0 spiro atoms. The van der Waals surface area contributed by atoms with Crippen LogP contribution in [0.25, 0.3) is 0 Å². The summed E-state index contributed by atoms with van der Waals surface area (Å²) >= 11 is 0. The smallest absolute Gasteiger partial charge is 0.412 e. The van der Waals surface area contributed by atoms with Gasteiger partial charge >= 0.3 is 6.09 Å². The third-order valence-electron chi connectivity index (χ3n) is 4.47. The van der Waals surface area contributed by atoms with E-state index in [1.807, 2.05) is 24.3 Å². The molecule has 6 nitrogen and oxygen atoms in total. The first-order valence-electron chi connectivity index (χ1n) is 10.2. The van der Waals surface area contributed by atoms with Gasteiger partial charge in [0.2, 0.25) is 0 Å². The lowest BCUT2D eigenvalue weighted by Crippen LogP contribution is -2.37. The lowest BCUT2D eigenvalue weighted by molar-refractivity contribution is 0.0108. The molecule has 1 N–H and O–H groups in total. The van der Waals surface area contributed by atoms with Crippen molar-refractivity contribution in [1.29, 1.82) is 0 Å². The Bertz CT molecular complexity index is 547. The van der Waals surface area contributed by atoms with Gasteiger partial charge in [-0.2, -0.15) is 0 Å². The van der Waals surface area contributed by atoms with E-state index in [0.717, 1.165) is 32.4 Å². The van der Waals surface area contributed by atoms with Crippen LogP contribution in [0.2, 0.25) is 0 Å². The molecule has 0 aromatic heterocycles. The zero-order valence-corrected chi connectivity index (χ0v) is 16.7. The molecule has 152 valence electrons. The van der Waals surface area contributed by atoms with Crippen molar-refractivity contribution in [1.82, 2.24) is 4.90 Å². The summed E-state index contributed by atoms with van der Waals surface area (Å²) in [5, 5.41) is 2.82. The van der Waals surface area contributed by atoms with Gasteiger partial charge < -0.3 is 14.2 Å². The monoisotopic (exact) mass is 378 g/mol. The van der Waals surface area contributed by atoms with Gasteiger partial charge in [0.25, 0.3) is 0 Å². The summed E-state index contributed by atoms with van der Waals surface area (Å²) in [4.78, 5) is 14.8. The first kappa shape index (κ1) is 21.5. The van der Waals surface area contributed by atoms with Gasteiger partial charge in [-0.05, 0) is 50.9 Å². The van der Waals surface area contributed by atoms with Gasteiger partial charge in [-0.25, -0.2) is 4.79 Å². The second-order valence-electron chi connectivity index (χ2n) is 6.93. The van der Waals surface area contributed by atoms with Crippen molar-refractivity contribution >= 4 is 11.8 Å². The van der Waals surface area contributed by atoms with Crippen molar-refractivity contribution in [2.24, 2.45) is 0 Å². The fraction of sp³-hybridized carbons (Fsp3) is 0.667. The summed E-state index contributed by atoms with van der Waals surface area (Å²) in [7, 11) is 0. The van der Waals surface area contributed by atoms with Gasteiger partial charge in [0, 0.05) is 13.2 Å². The highest BCUT2D eigenvalue weighted by atomic mass is 16.6. The summed E-state index contributed by atoms with van der Waals surface area (Å²) in [5.41, 5.74) is 0.632. The number of unbranched alkanes of at least 4 members (excludes halogenated alkanes) is 1. The van der Waals surface area contributed by atoms with Crippen LogP contribution in [0, 0.1) is 0 Å². The van der Waals surface area contributed by atoms with Crippen molar-refractivity contribution in [2.75, 3.05) is 44.8 Å². The van der Waals surface area contributed by atoms with Crippen molar-refractivity contribution in [3.8, 4) is 5.75 Å². The van der Waals surface area contributed by atoms with Gasteiger partial charge in [0.1, 0.15) is 11.9 Å². The van der Waals surface area contributed by atoms with Crippen LogP contribution in [0.1, 0.15) is 46.0 Å². The van der Waals surface area contributed by atoms with Crippen LogP contribution in [0.3, 0.4) is 0 Å². The molecule has 1 fully saturated rings. The van der Waals surface area contributed by atoms with Gasteiger partial charge in [-0.1, -0.05) is 32.4 Å². The van der Waals surface area contributed by atoms with Crippen molar-refractivity contribution in [3.63, 3.8) is 0 Å². The van der Waals surface area contributed by atoms with Gasteiger partial charge in [0.05, 0.1) is 18.9 Å². The number of hydrogen-bond donors (Lipinski definition) is 1. The molecule has 6 heteroatoms. The number of nitrogens with one attached hydrogen (secondary N) is 1. The summed E-state index contributed by atoms with van der Waals surface area (Å²) in [6, 6.07) is 7.45. The number of hydrogen-bond acceptors (Lipinski definition) is 5. The summed E-state index contributed by atoms with van der Waals surface area (Å²) in [6.07, 6.45) is 4.66. The molecule has 0 bridgehead atoms. The van der Waals surface area contributed by atoms with Gasteiger partial charge in [-0.15, -0.1) is 0 Å². The second-order valence-corrected chi connectivity index (χ2v) is 6.93. The molecule has 1 heterocycles. The molecule has 1 aliphatic heterocycles. The largest absolute Gasteiger partial charge is 0.491 e. The van der Waals surface area contributed by atoms with Crippen LogP contribution < -0.4 is 10.1 Å². The Morgan fingerprint density at radius 1 is 1.15 bits per heavy atom. The first-order chi connectivity index (χ1) is 13.2. The Morgan fingerprint density at radius 2 is 1.93 bits per heavy atom. The predicted octanol–water partition coefficient (Wildman–Crippen LogP) is 4.31. The minimum absolute atomic E-state index is 0.275. The molecule has 1 amide bonds. The van der Waals surface area contributed by atoms with E-state index in [1.54, 1.807) is 0 Å². The Morgan fingerprint density at radius 3 is 2.67 bits per heavy atom. The molecular weight excluding hydrogens is 344 g/mol. The molecule has 0 radical (unpaired) electrons. The number of likely N-dealkylation sites (tertiary alicyclic amines) is 1. The molecule has 1 unspecified atom stereocenters. The number of benzene rings is 1. The number of nitrogens with zero attached hydrogens (tertiary/aromatic N) is 1. The Balaban J connectivity index is 1.89. The average Bonchev–Trinajstić information content (AvgIpc) is 3.16. The van der Waals surface area contributed by atoms with Crippen LogP contribution >= 0.6 is 0 Å². The lowest BCUT2D eigenvalue weighted by Gasteiger charge is -2.24. The van der Waals surface area contributed by atoms with Crippen LogP contribution in [0.5, 0.6) is 5.75 Å². The maximum absolute atomic E-state index is 12.4. The van der Waals surface area contributed by atoms with Crippen molar-refractivity contribution in [3.05, 3.63) is 24.3 Å². The van der Waals surface area contributed by atoms with Crippen LogP contribution in [0.4, 0.5) is 10.5 Å². The summed E-state index contributed by atoms with van der Waals surface area (Å²) in [5.74, 6) is 0.668. The number of para-hydroxylation sites is 2. The SMILES string of the molecule is CCCCOc1ccccc1NC(=O)OC(COCCC)CN1CCCC1. The fourth-order valence-corrected chi connectivity index (χ4v) is 3.05. The molecule has 1 atom stereocenters. The highest BCUT2D eigenvalue weighted by molar-refractivity contribution is 5.86. The molecule has 1 saturated heterocycles. The average molecular weight is 379 g/mol. The quantitative estimate of drug-likeness (QED) is 0.549. The summed E-state index contributed by atoms with van der Waals surface area (Å²) < 4.78 is 17.1. The van der Waals surface area contributed by atoms with Crippen LogP contribution in [0.15, 0.2) is 24.3 Å². The standard InChI is InChI=1S/C21H34N2O4/c1-3-5-15-26-20-11-7-6-10-19(20)22-21(24)27-18(17-25-14-4-2)16-23-12-8-9-13-23/h6-7,10-11,18H,3-5,8-9,12-17H2,1-2H3,(H,22,24). The van der Waals surface area contributed by atoms with E-state index in [-0.39, 0.29) is 6.10 Å². The number of ether oxygens (including phenoxy) is 3. The van der Waals surface area contributed by atoms with E-state index in [4.69, 9.17) is 14.2 Å². The third kappa shape index (κ3) is 8.18. The molecular formula is C21H34N2O4. The molecule has 0 saturated carbocycles. The Kier molecular flexibility index (Phi) is 10.0. The predicted molar refractivity (Wildman–Crippen MR) is 108 cm³/mol. The molecule has 2 rings (SSSR count). The van der Waals surface area contributed by atoms with Crippen LogP contribution in [-0.2, 0) is 9.47 Å². The van der Waals surface area contributed by atoms with Gasteiger partial charge in [0.15, 0.2) is 0 Å². The fourth-order valence-electron chi connectivity index (χ4n) is 3.05. The van der Waals surface area contributed by atoms with Crippen molar-refractivity contribution in [2.45, 2.75) is 52.1 Å². The maximum atomic E-state index is 12.4. The Labute approximate surface area is 163 Å². The topological polar surface area (TPSA) is 60.0 Å². The second kappa shape index (κ2) is 12.6. The number of amides is 1. The molecule has 1 aromatic carbocycles. The minimum atomic E-state index is -0.467. The zero-order chi connectivity index (χ0) is 19.3. The van der Waals surface area contributed by atoms with E-state index in [0.29, 0.717) is 37.8 Å². The minimum Gasteiger partial charge on any atom is -0.491 e. The molecule has 1 aromatic rings. The number of rotatable bonds is 12. The highest BCUT2D eigenvalue weighted by Crippen LogP contribution is 2.24. The van der Waals surface area contributed by atoms with Crippen LogP contribution in [-0.4, -0.2) is 56.6 Å².